The van der Waals surface area contributed by atoms with E-state index in [2.05, 4.69) is 5.32 Å². The van der Waals surface area contributed by atoms with E-state index in [0.29, 0.717) is 17.0 Å². The Balaban J connectivity index is 2.23. The molecule has 3 N–H and O–H groups in total. The zero-order chi connectivity index (χ0) is 14.7. The molecule has 0 aromatic heterocycles. The maximum atomic E-state index is 12.2. The standard InChI is InChI=1S/C16H18N2O2/c1-10-4-5-14(6-11(10)2)18-16(19)12-7-13(17)9-15(8-12)20-3/h4-9H,17H2,1-3H3,(H,18,19). The van der Waals surface area contributed by atoms with Crippen LogP contribution in [0.25, 0.3) is 0 Å². The van der Waals surface area contributed by atoms with Crippen LogP contribution in [0.15, 0.2) is 36.4 Å². The molecule has 1 amide bonds. The van der Waals surface area contributed by atoms with Crippen LogP contribution < -0.4 is 15.8 Å². The van der Waals surface area contributed by atoms with E-state index < -0.39 is 0 Å². The summed E-state index contributed by atoms with van der Waals surface area (Å²) in [4.78, 5) is 12.2. The summed E-state index contributed by atoms with van der Waals surface area (Å²) in [5, 5.41) is 2.85. The van der Waals surface area contributed by atoms with Crippen LogP contribution in [0.2, 0.25) is 0 Å². The zero-order valence-electron chi connectivity index (χ0n) is 11.9. The molecule has 2 aromatic carbocycles. The number of benzene rings is 2. The predicted octanol–water partition coefficient (Wildman–Crippen LogP) is 3.15. The van der Waals surface area contributed by atoms with Gasteiger partial charge < -0.3 is 15.8 Å². The molecule has 2 rings (SSSR count). The lowest BCUT2D eigenvalue weighted by atomic mass is 10.1. The van der Waals surface area contributed by atoms with Gasteiger partial charge in [0.05, 0.1) is 7.11 Å². The molecule has 0 unspecified atom stereocenters. The topological polar surface area (TPSA) is 64.3 Å². The van der Waals surface area contributed by atoms with Gasteiger partial charge in [0.2, 0.25) is 0 Å². The van der Waals surface area contributed by atoms with Crippen LogP contribution in [-0.4, -0.2) is 13.0 Å². The number of aryl methyl sites for hydroxylation is 2. The molecule has 0 atom stereocenters. The summed E-state index contributed by atoms with van der Waals surface area (Å²) in [6.07, 6.45) is 0. The molecule has 0 saturated heterocycles. The smallest absolute Gasteiger partial charge is 0.255 e. The van der Waals surface area contributed by atoms with Crippen molar-refractivity contribution < 1.29 is 9.53 Å². The summed E-state index contributed by atoms with van der Waals surface area (Å²) in [6, 6.07) is 10.8. The third-order valence-electron chi connectivity index (χ3n) is 3.19. The summed E-state index contributed by atoms with van der Waals surface area (Å²) in [7, 11) is 1.54. The Bertz CT molecular complexity index is 651. The Morgan fingerprint density at radius 2 is 1.85 bits per heavy atom. The number of nitrogens with two attached hydrogens (primary N) is 1. The second-order valence-corrected chi connectivity index (χ2v) is 4.75. The van der Waals surface area contributed by atoms with Crippen molar-refractivity contribution in [3.63, 3.8) is 0 Å². The molecule has 0 aliphatic heterocycles. The normalized spacial score (nSPS) is 10.2. The van der Waals surface area contributed by atoms with E-state index >= 15 is 0 Å². The molecular formula is C16H18N2O2. The van der Waals surface area contributed by atoms with Crippen molar-refractivity contribution in [2.45, 2.75) is 13.8 Å². The van der Waals surface area contributed by atoms with Gasteiger partial charge in [-0.2, -0.15) is 0 Å². The minimum Gasteiger partial charge on any atom is -0.497 e. The molecule has 0 spiro atoms. The average Bonchev–Trinajstić information content (AvgIpc) is 2.42. The SMILES string of the molecule is COc1cc(N)cc(C(=O)Nc2ccc(C)c(C)c2)c1. The molecule has 0 aliphatic carbocycles. The molecule has 0 radical (unpaired) electrons. The lowest BCUT2D eigenvalue weighted by Crippen LogP contribution is -2.12. The molecule has 4 heteroatoms. The molecule has 104 valence electrons. The molecule has 0 bridgehead atoms. The summed E-state index contributed by atoms with van der Waals surface area (Å²) in [5.74, 6) is 0.356. The van der Waals surface area contributed by atoms with Gasteiger partial charge in [0.15, 0.2) is 0 Å². The Morgan fingerprint density at radius 1 is 1.10 bits per heavy atom. The third-order valence-corrected chi connectivity index (χ3v) is 3.19. The fourth-order valence-electron chi connectivity index (χ4n) is 1.89. The Morgan fingerprint density at radius 3 is 2.50 bits per heavy atom. The summed E-state index contributed by atoms with van der Waals surface area (Å²) in [6.45, 7) is 4.04. The van der Waals surface area contributed by atoms with E-state index in [1.807, 2.05) is 32.0 Å². The number of hydrogen-bond donors (Lipinski definition) is 2. The molecule has 0 aliphatic rings. The molecule has 0 fully saturated rings. The predicted molar refractivity (Wildman–Crippen MR) is 81.3 cm³/mol. The number of methoxy groups -OCH3 is 1. The molecule has 0 heterocycles. The van der Waals surface area contributed by atoms with Crippen LogP contribution >= 0.6 is 0 Å². The minimum absolute atomic E-state index is 0.209. The van der Waals surface area contributed by atoms with Gasteiger partial charge in [-0.15, -0.1) is 0 Å². The van der Waals surface area contributed by atoms with E-state index in [4.69, 9.17) is 10.5 Å². The van der Waals surface area contributed by atoms with Crippen molar-refractivity contribution in [3.8, 4) is 5.75 Å². The van der Waals surface area contributed by atoms with Gasteiger partial charge in [-0.3, -0.25) is 4.79 Å². The minimum atomic E-state index is -0.209. The lowest BCUT2D eigenvalue weighted by molar-refractivity contribution is 0.102. The van der Waals surface area contributed by atoms with Gasteiger partial charge in [0.25, 0.3) is 5.91 Å². The monoisotopic (exact) mass is 270 g/mol. The number of carbonyl (C=O) groups excluding carboxylic acids is 1. The summed E-state index contributed by atoms with van der Waals surface area (Å²) in [5.41, 5.74) is 9.80. The Kier molecular flexibility index (Phi) is 3.94. The highest BCUT2D eigenvalue weighted by atomic mass is 16.5. The highest BCUT2D eigenvalue weighted by molar-refractivity contribution is 6.05. The molecule has 2 aromatic rings. The first-order valence-electron chi connectivity index (χ1n) is 6.33. The number of ether oxygens (including phenoxy) is 1. The van der Waals surface area contributed by atoms with E-state index in [0.717, 1.165) is 11.3 Å². The molecule has 0 saturated carbocycles. The van der Waals surface area contributed by atoms with Crippen LogP contribution in [-0.2, 0) is 0 Å². The first kappa shape index (κ1) is 13.9. The van der Waals surface area contributed by atoms with Crippen LogP contribution in [0.4, 0.5) is 11.4 Å². The second kappa shape index (κ2) is 5.65. The fourth-order valence-corrected chi connectivity index (χ4v) is 1.89. The highest BCUT2D eigenvalue weighted by Crippen LogP contribution is 2.20. The van der Waals surface area contributed by atoms with E-state index in [1.165, 1.54) is 5.56 Å². The fraction of sp³-hybridized carbons (Fsp3) is 0.188. The first-order chi connectivity index (χ1) is 9.49. The van der Waals surface area contributed by atoms with E-state index in [-0.39, 0.29) is 5.91 Å². The van der Waals surface area contributed by atoms with Gasteiger partial charge in [0.1, 0.15) is 5.75 Å². The number of anilines is 2. The number of hydrogen-bond acceptors (Lipinski definition) is 3. The zero-order valence-corrected chi connectivity index (χ0v) is 11.9. The van der Waals surface area contributed by atoms with Crippen LogP contribution in [0.5, 0.6) is 5.75 Å². The second-order valence-electron chi connectivity index (χ2n) is 4.75. The Hall–Kier alpha value is -2.49. The van der Waals surface area contributed by atoms with E-state index in [1.54, 1.807) is 25.3 Å². The highest BCUT2D eigenvalue weighted by Gasteiger charge is 2.09. The van der Waals surface area contributed by atoms with E-state index in [9.17, 15) is 4.79 Å². The average molecular weight is 270 g/mol. The quantitative estimate of drug-likeness (QED) is 0.842. The first-order valence-corrected chi connectivity index (χ1v) is 6.33. The number of amides is 1. The lowest BCUT2D eigenvalue weighted by Gasteiger charge is -2.09. The Labute approximate surface area is 118 Å². The van der Waals surface area contributed by atoms with Crippen LogP contribution in [0, 0.1) is 13.8 Å². The van der Waals surface area contributed by atoms with Gasteiger partial charge in [-0.25, -0.2) is 0 Å². The number of rotatable bonds is 3. The van der Waals surface area contributed by atoms with Crippen molar-refractivity contribution >= 4 is 17.3 Å². The molecule has 20 heavy (non-hydrogen) atoms. The maximum absolute atomic E-state index is 12.2. The number of nitrogens with one attached hydrogen (secondary N) is 1. The largest absolute Gasteiger partial charge is 0.497 e. The van der Waals surface area contributed by atoms with Gasteiger partial charge in [0, 0.05) is 23.0 Å². The third kappa shape index (κ3) is 3.09. The summed E-state index contributed by atoms with van der Waals surface area (Å²) < 4.78 is 5.11. The van der Waals surface area contributed by atoms with Crippen molar-refractivity contribution in [1.82, 2.24) is 0 Å². The number of nitrogen functional groups attached to an aromatic ring is 1. The van der Waals surface area contributed by atoms with Crippen molar-refractivity contribution in [1.29, 1.82) is 0 Å². The van der Waals surface area contributed by atoms with Crippen molar-refractivity contribution in [3.05, 3.63) is 53.1 Å². The van der Waals surface area contributed by atoms with Gasteiger partial charge in [-0.1, -0.05) is 6.07 Å². The van der Waals surface area contributed by atoms with Crippen LogP contribution in [0.3, 0.4) is 0 Å². The van der Waals surface area contributed by atoms with Gasteiger partial charge >= 0.3 is 0 Å². The number of carbonyl (C=O) groups is 1. The summed E-state index contributed by atoms with van der Waals surface area (Å²) >= 11 is 0. The van der Waals surface area contributed by atoms with Crippen molar-refractivity contribution in [2.24, 2.45) is 0 Å². The van der Waals surface area contributed by atoms with Crippen molar-refractivity contribution in [2.75, 3.05) is 18.2 Å². The molecular weight excluding hydrogens is 252 g/mol. The maximum Gasteiger partial charge on any atom is 0.255 e. The van der Waals surface area contributed by atoms with Crippen LogP contribution in [0.1, 0.15) is 21.5 Å². The van der Waals surface area contributed by atoms with Gasteiger partial charge in [-0.05, 0) is 49.2 Å². The molecule has 4 nitrogen and oxygen atoms in total.